The predicted octanol–water partition coefficient (Wildman–Crippen LogP) is 0.754. The Morgan fingerprint density at radius 2 is 1.95 bits per heavy atom. The number of benzene rings is 1. The summed E-state index contributed by atoms with van der Waals surface area (Å²) in [7, 11) is -3.59. The minimum Gasteiger partial charge on any atom is -0.348 e. The predicted molar refractivity (Wildman–Crippen MR) is 69.7 cm³/mol. The van der Waals surface area contributed by atoms with Gasteiger partial charge in [-0.25, -0.2) is 12.8 Å². The Balaban J connectivity index is 2.99. The Bertz CT molecular complexity index is 585. The van der Waals surface area contributed by atoms with Gasteiger partial charge in [0.15, 0.2) is 9.84 Å². The molecule has 1 aromatic carbocycles. The number of sulfone groups is 1. The highest BCUT2D eigenvalue weighted by molar-refractivity contribution is 7.90. The van der Waals surface area contributed by atoms with E-state index in [2.05, 4.69) is 5.32 Å². The van der Waals surface area contributed by atoms with E-state index in [0.717, 1.165) is 12.3 Å². The fourth-order valence-electron chi connectivity index (χ4n) is 1.52. The summed E-state index contributed by atoms with van der Waals surface area (Å²) in [4.78, 5) is 11.1. The van der Waals surface area contributed by atoms with Gasteiger partial charge in [-0.05, 0) is 31.5 Å². The Morgan fingerprint density at radius 3 is 2.37 bits per heavy atom. The van der Waals surface area contributed by atoms with Crippen LogP contribution in [0.1, 0.15) is 25.5 Å². The maximum Gasteiger partial charge on any atom is 0.237 e. The van der Waals surface area contributed by atoms with Crippen LogP contribution >= 0.6 is 0 Å². The summed E-state index contributed by atoms with van der Waals surface area (Å²) >= 11 is 0. The summed E-state index contributed by atoms with van der Waals surface area (Å²) in [6.07, 6.45) is 0.937. The van der Waals surface area contributed by atoms with Crippen LogP contribution in [0.3, 0.4) is 0 Å². The molecule has 1 aromatic rings. The number of hydrogen-bond acceptors (Lipinski definition) is 4. The average molecular weight is 288 g/mol. The molecule has 5 nitrogen and oxygen atoms in total. The van der Waals surface area contributed by atoms with Gasteiger partial charge in [0.25, 0.3) is 0 Å². The number of amides is 1. The van der Waals surface area contributed by atoms with Crippen LogP contribution in [0.25, 0.3) is 0 Å². The molecule has 7 heteroatoms. The fraction of sp³-hybridized carbons (Fsp3) is 0.417. The van der Waals surface area contributed by atoms with Crippen LogP contribution in [0, 0.1) is 5.82 Å². The van der Waals surface area contributed by atoms with Gasteiger partial charge in [0, 0.05) is 6.26 Å². The number of carbonyl (C=O) groups is 1. The normalized spacial score (nSPS) is 14.8. The molecule has 0 spiro atoms. The quantitative estimate of drug-likeness (QED) is 0.855. The first-order valence-corrected chi connectivity index (χ1v) is 7.57. The van der Waals surface area contributed by atoms with Gasteiger partial charge in [0.2, 0.25) is 5.91 Å². The van der Waals surface area contributed by atoms with E-state index in [1.165, 1.54) is 19.1 Å². The second-order valence-corrected chi connectivity index (χ2v) is 6.47. The molecule has 0 heterocycles. The zero-order valence-electron chi connectivity index (χ0n) is 11.0. The van der Waals surface area contributed by atoms with Gasteiger partial charge in [-0.15, -0.1) is 0 Å². The molecule has 2 atom stereocenters. The molecule has 0 aromatic heterocycles. The molecule has 0 bridgehead atoms. The first-order chi connectivity index (χ1) is 8.62. The van der Waals surface area contributed by atoms with Gasteiger partial charge in [-0.1, -0.05) is 6.07 Å². The molecule has 0 saturated carbocycles. The van der Waals surface area contributed by atoms with Gasteiger partial charge in [0.1, 0.15) is 10.7 Å². The Morgan fingerprint density at radius 1 is 1.37 bits per heavy atom. The molecule has 0 saturated heterocycles. The van der Waals surface area contributed by atoms with E-state index in [4.69, 9.17) is 5.73 Å². The average Bonchev–Trinajstić information content (AvgIpc) is 2.26. The number of hydrogen-bond donors (Lipinski definition) is 2. The van der Waals surface area contributed by atoms with Gasteiger partial charge in [0.05, 0.1) is 12.1 Å². The molecule has 0 radical (unpaired) electrons. The zero-order chi connectivity index (χ0) is 14.8. The molecular formula is C12H17FN2O3S. The van der Waals surface area contributed by atoms with Crippen molar-refractivity contribution in [3.05, 3.63) is 29.6 Å². The van der Waals surface area contributed by atoms with Gasteiger partial charge in [-0.2, -0.15) is 0 Å². The Labute approximate surface area is 111 Å². The van der Waals surface area contributed by atoms with Gasteiger partial charge >= 0.3 is 0 Å². The van der Waals surface area contributed by atoms with Crippen LogP contribution < -0.4 is 11.1 Å². The lowest BCUT2D eigenvalue weighted by atomic mass is 10.1. The van der Waals surface area contributed by atoms with Crippen molar-refractivity contribution in [1.82, 2.24) is 5.32 Å². The fourth-order valence-corrected chi connectivity index (χ4v) is 2.24. The standard InChI is InChI=1S/C12H17FN2O3S/c1-7(14)12(16)15-8(2)9-4-5-11(10(13)6-9)19(3,17)18/h4-8H,14H2,1-3H3,(H,15,16)/t7-,8?/m0/s1. The van der Waals surface area contributed by atoms with Crippen molar-refractivity contribution in [2.75, 3.05) is 6.26 Å². The van der Waals surface area contributed by atoms with Crippen molar-refractivity contribution < 1.29 is 17.6 Å². The molecule has 0 aliphatic rings. The molecule has 1 rings (SSSR count). The summed E-state index contributed by atoms with van der Waals surface area (Å²) in [5.74, 6) is -1.19. The van der Waals surface area contributed by atoms with Gasteiger partial charge in [-0.3, -0.25) is 4.79 Å². The molecule has 0 aliphatic carbocycles. The van der Waals surface area contributed by atoms with Crippen LogP contribution in [-0.4, -0.2) is 26.6 Å². The molecule has 19 heavy (non-hydrogen) atoms. The Hall–Kier alpha value is -1.47. The van der Waals surface area contributed by atoms with E-state index in [1.54, 1.807) is 6.92 Å². The van der Waals surface area contributed by atoms with E-state index in [-0.39, 0.29) is 10.8 Å². The van der Waals surface area contributed by atoms with E-state index >= 15 is 0 Å². The minimum absolute atomic E-state index is 0.359. The van der Waals surface area contributed by atoms with E-state index in [1.807, 2.05) is 0 Å². The maximum atomic E-state index is 13.7. The van der Waals surface area contributed by atoms with Crippen molar-refractivity contribution in [3.63, 3.8) is 0 Å². The highest BCUT2D eigenvalue weighted by atomic mass is 32.2. The number of rotatable bonds is 4. The van der Waals surface area contributed by atoms with Crippen molar-refractivity contribution in [2.45, 2.75) is 30.8 Å². The van der Waals surface area contributed by atoms with E-state index < -0.39 is 27.7 Å². The molecule has 0 aliphatic heterocycles. The van der Waals surface area contributed by atoms with Gasteiger partial charge < -0.3 is 11.1 Å². The molecule has 1 unspecified atom stereocenters. The summed E-state index contributed by atoms with van der Waals surface area (Å²) in [5, 5.41) is 2.60. The summed E-state index contributed by atoms with van der Waals surface area (Å²) in [6, 6.07) is 2.63. The zero-order valence-corrected chi connectivity index (χ0v) is 11.8. The highest BCUT2D eigenvalue weighted by Gasteiger charge is 2.17. The highest BCUT2D eigenvalue weighted by Crippen LogP contribution is 2.20. The van der Waals surface area contributed by atoms with Crippen LogP contribution in [0.15, 0.2) is 23.1 Å². The Kier molecular flexibility index (Phi) is 4.65. The van der Waals surface area contributed by atoms with Crippen LogP contribution in [0.5, 0.6) is 0 Å². The molecular weight excluding hydrogens is 271 g/mol. The lowest BCUT2D eigenvalue weighted by Crippen LogP contribution is -2.39. The van der Waals surface area contributed by atoms with Crippen molar-refractivity contribution in [2.24, 2.45) is 5.73 Å². The topological polar surface area (TPSA) is 89.3 Å². The minimum atomic E-state index is -3.59. The maximum absolute atomic E-state index is 13.7. The molecule has 0 fully saturated rings. The number of halogens is 1. The second kappa shape index (κ2) is 5.66. The lowest BCUT2D eigenvalue weighted by Gasteiger charge is -2.16. The second-order valence-electron chi connectivity index (χ2n) is 4.48. The smallest absolute Gasteiger partial charge is 0.237 e. The number of nitrogens with one attached hydrogen (secondary N) is 1. The molecule has 3 N–H and O–H groups in total. The van der Waals surface area contributed by atoms with Crippen molar-refractivity contribution >= 4 is 15.7 Å². The summed E-state index contributed by atoms with van der Waals surface area (Å²) in [6.45, 7) is 3.20. The first-order valence-electron chi connectivity index (χ1n) is 5.68. The van der Waals surface area contributed by atoms with E-state index in [9.17, 15) is 17.6 Å². The van der Waals surface area contributed by atoms with Crippen LogP contribution in [-0.2, 0) is 14.6 Å². The summed E-state index contributed by atoms with van der Waals surface area (Å²) in [5.41, 5.74) is 5.88. The number of nitrogens with two attached hydrogens (primary N) is 1. The SMILES string of the molecule is CC(NC(=O)[C@H](C)N)c1ccc(S(C)(=O)=O)c(F)c1. The largest absolute Gasteiger partial charge is 0.348 e. The third-order valence-corrected chi connectivity index (χ3v) is 3.76. The monoisotopic (exact) mass is 288 g/mol. The van der Waals surface area contributed by atoms with Crippen LogP contribution in [0.4, 0.5) is 4.39 Å². The lowest BCUT2D eigenvalue weighted by molar-refractivity contribution is -0.122. The molecule has 106 valence electrons. The number of carbonyl (C=O) groups excluding carboxylic acids is 1. The van der Waals surface area contributed by atoms with E-state index in [0.29, 0.717) is 5.56 Å². The summed E-state index contributed by atoms with van der Waals surface area (Å²) < 4.78 is 36.2. The third kappa shape index (κ3) is 4.00. The first kappa shape index (κ1) is 15.6. The van der Waals surface area contributed by atoms with Crippen molar-refractivity contribution in [3.8, 4) is 0 Å². The molecule has 1 amide bonds. The van der Waals surface area contributed by atoms with Crippen molar-refractivity contribution in [1.29, 1.82) is 0 Å². The third-order valence-electron chi connectivity index (χ3n) is 2.63. The van der Waals surface area contributed by atoms with Crippen LogP contribution in [0.2, 0.25) is 0 Å².